The third-order valence-electron chi connectivity index (χ3n) is 7.27. The predicted molar refractivity (Wildman–Crippen MR) is 142 cm³/mol. The van der Waals surface area contributed by atoms with E-state index >= 15 is 0 Å². The summed E-state index contributed by atoms with van der Waals surface area (Å²) in [5.41, 5.74) is 7.04. The van der Waals surface area contributed by atoms with Gasteiger partial charge in [0.05, 0.1) is 18.3 Å². The van der Waals surface area contributed by atoms with E-state index in [-0.39, 0.29) is 16.9 Å². The molecule has 36 heavy (non-hydrogen) atoms. The topological polar surface area (TPSA) is 116 Å². The first-order valence-corrected chi connectivity index (χ1v) is 13.2. The Bertz CT molecular complexity index is 1150. The van der Waals surface area contributed by atoms with Crippen LogP contribution in [0.1, 0.15) is 42.2 Å². The number of aromatic nitrogens is 3. The second kappa shape index (κ2) is 10.7. The summed E-state index contributed by atoms with van der Waals surface area (Å²) in [6, 6.07) is 4.06. The maximum absolute atomic E-state index is 13.0. The molecule has 2 saturated heterocycles. The molecule has 10 nitrogen and oxygen atoms in total. The minimum atomic E-state index is -0.0811. The molecule has 2 aromatic rings. The number of piperidine rings is 1. The van der Waals surface area contributed by atoms with Gasteiger partial charge in [-0.1, -0.05) is 30.1 Å². The lowest BCUT2D eigenvalue weighted by Gasteiger charge is -2.47. The van der Waals surface area contributed by atoms with Crippen molar-refractivity contribution in [1.29, 1.82) is 0 Å². The number of hydrogen-bond acceptors (Lipinski definition) is 9. The number of piperazine rings is 1. The highest BCUT2D eigenvalue weighted by atomic mass is 35.5. The van der Waals surface area contributed by atoms with Gasteiger partial charge in [-0.2, -0.15) is 0 Å². The number of carbonyl (C=O) groups excluding carboxylic acids is 1. The van der Waals surface area contributed by atoms with E-state index in [9.17, 15) is 4.79 Å². The van der Waals surface area contributed by atoms with Crippen molar-refractivity contribution < 1.29 is 4.79 Å². The van der Waals surface area contributed by atoms with E-state index in [4.69, 9.17) is 28.9 Å². The van der Waals surface area contributed by atoms with E-state index in [0.717, 1.165) is 63.6 Å². The Morgan fingerprint density at radius 2 is 1.97 bits per heavy atom. The molecule has 2 aromatic heterocycles. The fraction of sp³-hybridized carbons (Fsp3) is 0.542. The lowest BCUT2D eigenvalue weighted by Crippen LogP contribution is -2.58. The number of nitrogens with one attached hydrogen (secondary N) is 1. The van der Waals surface area contributed by atoms with Crippen molar-refractivity contribution in [1.82, 2.24) is 30.1 Å². The van der Waals surface area contributed by atoms with Crippen molar-refractivity contribution in [3.8, 4) is 0 Å². The van der Waals surface area contributed by atoms with Crippen LogP contribution in [-0.2, 0) is 0 Å². The highest BCUT2D eigenvalue weighted by Gasteiger charge is 2.35. The number of rotatable bonds is 5. The van der Waals surface area contributed by atoms with Crippen LogP contribution in [0, 0.1) is 0 Å². The summed E-state index contributed by atoms with van der Waals surface area (Å²) in [6.45, 7) is 7.75. The summed E-state index contributed by atoms with van der Waals surface area (Å²) >= 11 is 12.4. The van der Waals surface area contributed by atoms with E-state index in [1.54, 1.807) is 18.3 Å². The van der Waals surface area contributed by atoms with Crippen molar-refractivity contribution in [2.45, 2.75) is 38.3 Å². The molecule has 0 aromatic carbocycles. The molecular weight excluding hydrogens is 501 g/mol. The first kappa shape index (κ1) is 25.0. The smallest absolute Gasteiger partial charge is 0.257 e. The van der Waals surface area contributed by atoms with Crippen LogP contribution in [0.2, 0.25) is 10.3 Å². The lowest BCUT2D eigenvalue weighted by atomic mass is 9.97. The lowest BCUT2D eigenvalue weighted by molar-refractivity contribution is 0.0491. The standard InChI is InChI=1S/C24H31Cl2N9O/c1-2-15-14-34(23-20(26)31-18(13-30-23)22-28-7-8-29-22)11-12-35(15)16-5-9-33(10-6-16)24(36)17-3-4-19(25)32-21(17)27/h3-4,13,15-16H,2,5-12,14H2,1H3,(H2,27,32)(H,28,29)/t15-/m0/s1. The summed E-state index contributed by atoms with van der Waals surface area (Å²) in [6.07, 6.45) is 4.62. The minimum Gasteiger partial charge on any atom is -0.383 e. The molecule has 3 N–H and O–H groups in total. The monoisotopic (exact) mass is 531 g/mol. The normalized spacial score (nSPS) is 21.4. The second-order valence-electron chi connectivity index (χ2n) is 9.36. The van der Waals surface area contributed by atoms with Crippen LogP contribution in [0.3, 0.4) is 0 Å². The zero-order valence-corrected chi connectivity index (χ0v) is 21.8. The number of halogens is 2. The SMILES string of the molecule is CC[C@H]1CN(c2ncc(C3=NCCN3)nc2Cl)CCN1C1CCN(C(=O)c2ccc(Cl)nc2N)CC1. The quantitative estimate of drug-likeness (QED) is 0.564. The van der Waals surface area contributed by atoms with Gasteiger partial charge >= 0.3 is 0 Å². The Morgan fingerprint density at radius 1 is 1.17 bits per heavy atom. The number of amidine groups is 1. The van der Waals surface area contributed by atoms with Gasteiger partial charge in [-0.3, -0.25) is 14.7 Å². The molecule has 3 aliphatic heterocycles. The first-order chi connectivity index (χ1) is 17.4. The Morgan fingerprint density at radius 3 is 2.64 bits per heavy atom. The highest BCUT2D eigenvalue weighted by Crippen LogP contribution is 2.29. The van der Waals surface area contributed by atoms with Gasteiger partial charge in [0.1, 0.15) is 22.5 Å². The summed E-state index contributed by atoms with van der Waals surface area (Å²) in [4.78, 5) is 37.3. The number of anilines is 2. The second-order valence-corrected chi connectivity index (χ2v) is 10.1. The number of nitrogen functional groups attached to an aromatic ring is 1. The van der Waals surface area contributed by atoms with Gasteiger partial charge in [0.15, 0.2) is 11.0 Å². The largest absolute Gasteiger partial charge is 0.383 e. The number of aliphatic imine (C=N–C) groups is 1. The molecular formula is C24H31Cl2N9O. The molecule has 0 bridgehead atoms. The maximum atomic E-state index is 13.0. The van der Waals surface area contributed by atoms with Gasteiger partial charge in [-0.05, 0) is 31.4 Å². The molecule has 1 amide bonds. The molecule has 12 heteroatoms. The summed E-state index contributed by atoms with van der Waals surface area (Å²) in [5, 5.41) is 3.91. The molecule has 5 heterocycles. The zero-order valence-electron chi connectivity index (χ0n) is 20.3. The third kappa shape index (κ3) is 5.07. The number of likely N-dealkylation sites (tertiary alicyclic amines) is 1. The number of carbonyl (C=O) groups is 1. The van der Waals surface area contributed by atoms with E-state index < -0.39 is 0 Å². The van der Waals surface area contributed by atoms with Crippen LogP contribution in [0.5, 0.6) is 0 Å². The predicted octanol–water partition coefficient (Wildman–Crippen LogP) is 2.32. The van der Waals surface area contributed by atoms with Crippen molar-refractivity contribution in [2.75, 3.05) is 56.4 Å². The van der Waals surface area contributed by atoms with Gasteiger partial charge in [0, 0.05) is 51.4 Å². The highest BCUT2D eigenvalue weighted by molar-refractivity contribution is 6.32. The Hall–Kier alpha value is -2.69. The Labute approximate surface area is 220 Å². The molecule has 0 aliphatic carbocycles. The van der Waals surface area contributed by atoms with Crippen LogP contribution in [0.25, 0.3) is 0 Å². The van der Waals surface area contributed by atoms with Crippen LogP contribution < -0.4 is 16.0 Å². The summed E-state index contributed by atoms with van der Waals surface area (Å²) in [7, 11) is 0. The maximum Gasteiger partial charge on any atom is 0.257 e. The van der Waals surface area contributed by atoms with Gasteiger partial charge < -0.3 is 20.9 Å². The van der Waals surface area contributed by atoms with E-state index in [0.29, 0.717) is 41.6 Å². The van der Waals surface area contributed by atoms with Crippen LogP contribution >= 0.6 is 23.2 Å². The summed E-state index contributed by atoms with van der Waals surface area (Å²) in [5.74, 6) is 1.58. The van der Waals surface area contributed by atoms with Gasteiger partial charge in [0.2, 0.25) is 0 Å². The Kier molecular flexibility index (Phi) is 7.45. The number of amides is 1. The van der Waals surface area contributed by atoms with Crippen LogP contribution in [0.15, 0.2) is 23.3 Å². The fourth-order valence-electron chi connectivity index (χ4n) is 5.36. The first-order valence-electron chi connectivity index (χ1n) is 12.5. The van der Waals surface area contributed by atoms with Gasteiger partial charge in [0.25, 0.3) is 5.91 Å². The number of nitrogens with zero attached hydrogens (tertiary/aromatic N) is 7. The fourth-order valence-corrected chi connectivity index (χ4v) is 5.78. The van der Waals surface area contributed by atoms with Crippen molar-refractivity contribution in [3.05, 3.63) is 39.9 Å². The minimum absolute atomic E-state index is 0.0811. The number of hydrogen-bond donors (Lipinski definition) is 2. The molecule has 0 saturated carbocycles. The van der Waals surface area contributed by atoms with Gasteiger partial charge in [-0.25, -0.2) is 15.0 Å². The molecule has 0 radical (unpaired) electrons. The average molecular weight is 532 g/mol. The van der Waals surface area contributed by atoms with E-state index in [2.05, 4.69) is 42.0 Å². The van der Waals surface area contributed by atoms with Crippen LogP contribution in [-0.4, -0.2) is 94.4 Å². The van der Waals surface area contributed by atoms with E-state index in [1.165, 1.54) is 0 Å². The average Bonchev–Trinajstić information content (AvgIpc) is 3.43. The molecule has 3 aliphatic rings. The molecule has 2 fully saturated rings. The Balaban J connectivity index is 1.20. The van der Waals surface area contributed by atoms with Crippen molar-refractivity contribution >= 4 is 46.6 Å². The van der Waals surface area contributed by atoms with Gasteiger partial charge in [-0.15, -0.1) is 0 Å². The molecule has 5 rings (SSSR count). The number of pyridine rings is 1. The third-order valence-corrected chi connectivity index (χ3v) is 7.73. The van der Waals surface area contributed by atoms with Crippen molar-refractivity contribution in [3.63, 3.8) is 0 Å². The van der Waals surface area contributed by atoms with Crippen LogP contribution in [0.4, 0.5) is 11.6 Å². The molecule has 0 spiro atoms. The molecule has 192 valence electrons. The zero-order chi connectivity index (χ0) is 25.2. The van der Waals surface area contributed by atoms with Crippen molar-refractivity contribution in [2.24, 2.45) is 4.99 Å². The summed E-state index contributed by atoms with van der Waals surface area (Å²) < 4.78 is 0. The molecule has 0 unspecified atom stereocenters. The molecule has 1 atom stereocenters. The number of nitrogens with two attached hydrogens (primary N) is 1. The van der Waals surface area contributed by atoms with E-state index in [1.807, 2.05) is 4.90 Å².